The summed E-state index contributed by atoms with van der Waals surface area (Å²) in [6.45, 7) is 0.371. The second-order valence-electron chi connectivity index (χ2n) is 6.96. The summed E-state index contributed by atoms with van der Waals surface area (Å²) < 4.78 is 7.29. The summed E-state index contributed by atoms with van der Waals surface area (Å²) in [4.78, 5) is 24.8. The number of rotatable bonds is 6. The van der Waals surface area contributed by atoms with Crippen molar-refractivity contribution in [2.75, 3.05) is 6.54 Å². The standard InChI is InChI=1S/C22H21N3O3Se/c23-14(13-29-16-6-2-1-3-7-16)11-25(24)12-15-10-19-21(27)20(26)17-8-4-5-9-18(17)22(19)28-15/h1-9,11,15H,10,12-13,23-24H2/b14-11-. The van der Waals surface area contributed by atoms with Crippen LogP contribution < -0.4 is 16.0 Å². The Labute approximate surface area is 175 Å². The molecule has 1 unspecified atom stereocenters. The third-order valence-electron chi connectivity index (χ3n) is 4.78. The molecule has 29 heavy (non-hydrogen) atoms. The zero-order valence-corrected chi connectivity index (χ0v) is 17.4. The van der Waals surface area contributed by atoms with E-state index in [2.05, 4.69) is 12.1 Å². The van der Waals surface area contributed by atoms with Crippen LogP contribution in [0.1, 0.15) is 22.3 Å². The molecule has 148 valence electrons. The minimum atomic E-state index is -0.481. The topological polar surface area (TPSA) is 98.7 Å². The van der Waals surface area contributed by atoms with Crippen LogP contribution in [-0.4, -0.2) is 44.2 Å². The molecular formula is C22H21N3O3Se. The molecule has 0 amide bonds. The Morgan fingerprint density at radius 1 is 1.07 bits per heavy atom. The molecule has 2 aromatic rings. The van der Waals surface area contributed by atoms with Crippen LogP contribution in [0.2, 0.25) is 5.32 Å². The molecule has 4 rings (SSSR count). The van der Waals surface area contributed by atoms with E-state index >= 15 is 0 Å². The number of hydrogen-bond donors (Lipinski definition) is 2. The maximum atomic E-state index is 12.4. The fraction of sp³-hybridized carbons (Fsp3) is 0.182. The van der Waals surface area contributed by atoms with Crippen molar-refractivity contribution in [1.29, 1.82) is 0 Å². The quantitative estimate of drug-likeness (QED) is 0.296. The Bertz CT molecular complexity index is 1020. The average molecular weight is 454 g/mol. The number of ketones is 2. The van der Waals surface area contributed by atoms with Gasteiger partial charge in [0.05, 0.1) is 0 Å². The van der Waals surface area contributed by atoms with Crippen molar-refractivity contribution in [3.63, 3.8) is 0 Å². The average Bonchev–Trinajstić information content (AvgIpc) is 3.15. The Morgan fingerprint density at radius 2 is 1.76 bits per heavy atom. The summed E-state index contributed by atoms with van der Waals surface area (Å²) >= 11 is 0.240. The molecular weight excluding hydrogens is 433 g/mol. The van der Waals surface area contributed by atoms with Gasteiger partial charge in [-0.3, -0.25) is 0 Å². The Hall–Kier alpha value is -2.86. The molecule has 1 heterocycles. The minimum absolute atomic E-state index is 0.240. The molecule has 0 aromatic heterocycles. The number of nitrogens with two attached hydrogens (primary N) is 2. The van der Waals surface area contributed by atoms with Crippen LogP contribution in [0.25, 0.3) is 5.76 Å². The number of Topliss-reactive ketones (excluding diaryl/α,β-unsaturated/α-hetero) is 2. The molecule has 1 atom stereocenters. The number of hydrogen-bond acceptors (Lipinski definition) is 6. The van der Waals surface area contributed by atoms with Crippen molar-refractivity contribution in [2.24, 2.45) is 11.6 Å². The van der Waals surface area contributed by atoms with Crippen molar-refractivity contribution < 1.29 is 14.3 Å². The van der Waals surface area contributed by atoms with E-state index in [0.29, 0.717) is 41.1 Å². The van der Waals surface area contributed by atoms with E-state index < -0.39 is 11.6 Å². The summed E-state index contributed by atoms with van der Waals surface area (Å²) in [5, 5.41) is 2.25. The first-order valence-electron chi connectivity index (χ1n) is 9.26. The first-order valence-corrected chi connectivity index (χ1v) is 11.3. The van der Waals surface area contributed by atoms with Gasteiger partial charge in [0.15, 0.2) is 0 Å². The van der Waals surface area contributed by atoms with Crippen LogP contribution in [0.5, 0.6) is 0 Å². The fourth-order valence-corrected chi connectivity index (χ4v) is 5.07. The van der Waals surface area contributed by atoms with E-state index in [1.165, 1.54) is 9.47 Å². The molecule has 1 aliphatic heterocycles. The predicted octanol–water partition coefficient (Wildman–Crippen LogP) is 1.38. The van der Waals surface area contributed by atoms with E-state index in [1.54, 1.807) is 24.4 Å². The van der Waals surface area contributed by atoms with Crippen molar-refractivity contribution in [3.05, 3.63) is 83.2 Å². The molecule has 2 aliphatic rings. The van der Waals surface area contributed by atoms with Gasteiger partial charge >= 0.3 is 175 Å². The van der Waals surface area contributed by atoms with Gasteiger partial charge in [-0.15, -0.1) is 0 Å². The molecule has 4 N–H and O–H groups in total. The molecule has 0 bridgehead atoms. The van der Waals surface area contributed by atoms with Gasteiger partial charge in [0.25, 0.3) is 0 Å². The third kappa shape index (κ3) is 4.12. The monoisotopic (exact) mass is 455 g/mol. The van der Waals surface area contributed by atoms with Crippen LogP contribution in [0, 0.1) is 0 Å². The number of allylic oxidation sites excluding steroid dienone is 1. The molecule has 2 aromatic carbocycles. The number of carbonyl (C=O) groups is 2. The van der Waals surface area contributed by atoms with Gasteiger partial charge in [0.1, 0.15) is 0 Å². The van der Waals surface area contributed by atoms with Gasteiger partial charge < -0.3 is 0 Å². The number of hydrazine groups is 1. The first-order chi connectivity index (χ1) is 14.0. The van der Waals surface area contributed by atoms with Crippen LogP contribution in [-0.2, 0) is 9.53 Å². The number of nitrogens with zero attached hydrogens (tertiary/aromatic N) is 1. The molecule has 7 heteroatoms. The number of carbonyl (C=O) groups excluding carboxylic acids is 2. The SMILES string of the molecule is N/C(=C\N(N)CC1CC2=C(O1)c1ccccc1C(=O)C2=O)C[Se]c1ccccc1. The zero-order chi connectivity index (χ0) is 20.4. The van der Waals surface area contributed by atoms with Gasteiger partial charge in [0, 0.05) is 0 Å². The van der Waals surface area contributed by atoms with Crippen molar-refractivity contribution in [3.8, 4) is 0 Å². The molecule has 1 aliphatic carbocycles. The predicted molar refractivity (Wildman–Crippen MR) is 112 cm³/mol. The fourth-order valence-electron chi connectivity index (χ4n) is 3.48. The Balaban J connectivity index is 1.38. The van der Waals surface area contributed by atoms with E-state index in [9.17, 15) is 9.59 Å². The molecule has 6 nitrogen and oxygen atoms in total. The van der Waals surface area contributed by atoms with E-state index in [4.69, 9.17) is 16.3 Å². The molecule has 0 saturated carbocycles. The van der Waals surface area contributed by atoms with Gasteiger partial charge in [-0.05, 0) is 0 Å². The maximum absolute atomic E-state index is 12.4. The second kappa shape index (κ2) is 8.25. The Morgan fingerprint density at radius 3 is 2.52 bits per heavy atom. The van der Waals surface area contributed by atoms with Crippen LogP contribution in [0.3, 0.4) is 0 Å². The number of fused-ring (bicyclic) bond motifs is 2. The van der Waals surface area contributed by atoms with Crippen LogP contribution in [0.4, 0.5) is 0 Å². The van der Waals surface area contributed by atoms with Gasteiger partial charge in [0.2, 0.25) is 0 Å². The third-order valence-corrected chi connectivity index (χ3v) is 7.05. The van der Waals surface area contributed by atoms with E-state index in [0.717, 1.165) is 5.32 Å². The summed E-state index contributed by atoms with van der Waals surface area (Å²) in [6, 6.07) is 17.2. The van der Waals surface area contributed by atoms with Crippen LogP contribution in [0.15, 0.2) is 72.1 Å². The molecule has 0 radical (unpaired) electrons. The number of benzene rings is 2. The van der Waals surface area contributed by atoms with Gasteiger partial charge in [-0.2, -0.15) is 0 Å². The molecule has 0 fully saturated rings. The molecule has 0 spiro atoms. The normalized spacial score (nSPS) is 18.4. The van der Waals surface area contributed by atoms with Gasteiger partial charge in [-0.25, -0.2) is 0 Å². The zero-order valence-electron chi connectivity index (χ0n) is 15.7. The van der Waals surface area contributed by atoms with Gasteiger partial charge in [-0.1, -0.05) is 0 Å². The summed E-state index contributed by atoms with van der Waals surface area (Å²) in [7, 11) is 0. The molecule has 0 saturated heterocycles. The van der Waals surface area contributed by atoms with Crippen molar-refractivity contribution >= 4 is 36.7 Å². The van der Waals surface area contributed by atoms with Crippen molar-refractivity contribution in [2.45, 2.75) is 17.8 Å². The van der Waals surface area contributed by atoms with E-state index in [-0.39, 0.29) is 21.1 Å². The van der Waals surface area contributed by atoms with Crippen molar-refractivity contribution in [1.82, 2.24) is 5.01 Å². The summed E-state index contributed by atoms with van der Waals surface area (Å²) in [5.74, 6) is 5.66. The Kier molecular flexibility index (Phi) is 5.53. The summed E-state index contributed by atoms with van der Waals surface area (Å²) in [5.41, 5.74) is 8.34. The second-order valence-corrected chi connectivity index (χ2v) is 9.16. The summed E-state index contributed by atoms with van der Waals surface area (Å²) in [6.07, 6.45) is 1.77. The first kappa shape index (κ1) is 19.5. The number of ether oxygens (including phenoxy) is 1. The van der Waals surface area contributed by atoms with Crippen LogP contribution >= 0.6 is 0 Å². The van der Waals surface area contributed by atoms with E-state index in [1.807, 2.05) is 24.3 Å².